The Hall–Kier alpha value is -2.02. The van der Waals surface area contributed by atoms with E-state index in [1.807, 2.05) is 12.1 Å². The van der Waals surface area contributed by atoms with Gasteiger partial charge >= 0.3 is 11.9 Å². The van der Waals surface area contributed by atoms with Gasteiger partial charge in [-0.3, -0.25) is 9.59 Å². The second kappa shape index (κ2) is 7.54. The Labute approximate surface area is 119 Å². The molecular weight excluding hydrogens is 280 g/mol. The van der Waals surface area contributed by atoms with E-state index in [1.54, 1.807) is 6.07 Å². The molecule has 0 aromatic heterocycles. The molecule has 2 N–H and O–H groups in total. The molecule has 0 saturated carbocycles. The average molecular weight is 298 g/mol. The Bertz CT molecular complexity index is 488. The number of carbonyl (C=O) groups is 2. The highest BCUT2D eigenvalue weighted by Crippen LogP contribution is 2.24. The maximum absolute atomic E-state index is 11.0. The van der Waals surface area contributed by atoms with E-state index in [9.17, 15) is 9.59 Å². The number of hydrogen-bond acceptors (Lipinski definition) is 4. The van der Waals surface area contributed by atoms with Crippen LogP contribution in [0.15, 0.2) is 18.2 Å². The molecule has 110 valence electrons. The van der Waals surface area contributed by atoms with Crippen LogP contribution in [0, 0.1) is 5.92 Å². The summed E-state index contributed by atoms with van der Waals surface area (Å²) < 4.78 is 10.5. The van der Waals surface area contributed by atoms with Gasteiger partial charge in [0.2, 0.25) is 0 Å². The van der Waals surface area contributed by atoms with Crippen LogP contribution < -0.4 is 14.7 Å². The molecule has 1 unspecified atom stereocenters. The zero-order chi connectivity index (χ0) is 15.1. The summed E-state index contributed by atoms with van der Waals surface area (Å²) in [5.74, 6) is -1.80. The number of hydrogen-bond donors (Lipinski definition) is 2. The minimum Gasteiger partial charge on any atom is -0.493 e. The highest BCUT2D eigenvalue weighted by atomic mass is 28.2. The fourth-order valence-corrected chi connectivity index (χ4v) is 3.96. The third-order valence-corrected chi connectivity index (χ3v) is 5.10. The molecule has 6 nitrogen and oxygen atoms in total. The highest BCUT2D eigenvalue weighted by Gasteiger charge is 2.22. The second-order valence-corrected chi connectivity index (χ2v) is 6.16. The predicted molar refractivity (Wildman–Crippen MR) is 75.9 cm³/mol. The van der Waals surface area contributed by atoms with Gasteiger partial charge in [-0.2, -0.15) is 0 Å². The first-order valence-electron chi connectivity index (χ1n) is 6.14. The third-order valence-electron chi connectivity index (χ3n) is 3.02. The lowest BCUT2D eigenvalue weighted by Gasteiger charge is -2.14. The molecule has 0 aliphatic heterocycles. The maximum Gasteiger partial charge on any atom is 0.306 e. The SMILES string of the molecule is COc1cccc([SiH2]CC(CC(=O)O)C(=O)O)c1OC. The monoisotopic (exact) mass is 298 g/mol. The zero-order valence-electron chi connectivity index (χ0n) is 11.5. The highest BCUT2D eigenvalue weighted by molar-refractivity contribution is 6.55. The summed E-state index contributed by atoms with van der Waals surface area (Å²) in [6.45, 7) is 0. The van der Waals surface area contributed by atoms with Crippen LogP contribution in [-0.4, -0.2) is 45.9 Å². The Morgan fingerprint density at radius 3 is 2.45 bits per heavy atom. The molecule has 7 heteroatoms. The van der Waals surface area contributed by atoms with Crippen molar-refractivity contribution in [1.82, 2.24) is 0 Å². The van der Waals surface area contributed by atoms with Gasteiger partial charge in [0, 0.05) is 0 Å². The normalized spacial score (nSPS) is 12.3. The van der Waals surface area contributed by atoms with Crippen molar-refractivity contribution in [1.29, 1.82) is 0 Å². The van der Waals surface area contributed by atoms with E-state index in [2.05, 4.69) is 0 Å². The van der Waals surface area contributed by atoms with Gasteiger partial charge in [-0.05, 0) is 17.3 Å². The summed E-state index contributed by atoms with van der Waals surface area (Å²) in [5, 5.41) is 18.7. The number of benzene rings is 1. The fourth-order valence-electron chi connectivity index (χ4n) is 2.00. The summed E-state index contributed by atoms with van der Waals surface area (Å²) in [5.41, 5.74) is 0. The van der Waals surface area contributed by atoms with Crippen molar-refractivity contribution in [3.8, 4) is 11.5 Å². The van der Waals surface area contributed by atoms with Crippen LogP contribution >= 0.6 is 0 Å². The lowest BCUT2D eigenvalue weighted by molar-refractivity contribution is -0.147. The maximum atomic E-state index is 11.0. The van der Waals surface area contributed by atoms with E-state index in [-0.39, 0.29) is 6.42 Å². The Morgan fingerprint density at radius 2 is 1.95 bits per heavy atom. The van der Waals surface area contributed by atoms with Crippen LogP contribution in [0.2, 0.25) is 6.04 Å². The van der Waals surface area contributed by atoms with Crippen molar-refractivity contribution in [2.45, 2.75) is 12.5 Å². The first kappa shape index (κ1) is 16.0. The summed E-state index contributed by atoms with van der Waals surface area (Å²) >= 11 is 0. The first-order chi connectivity index (χ1) is 9.49. The Kier molecular flexibility index (Phi) is 6.04. The Morgan fingerprint density at radius 1 is 1.25 bits per heavy atom. The molecule has 1 aromatic rings. The molecule has 0 radical (unpaired) electrons. The van der Waals surface area contributed by atoms with Gasteiger partial charge in [0.25, 0.3) is 0 Å². The topological polar surface area (TPSA) is 93.1 Å². The lowest BCUT2D eigenvalue weighted by atomic mass is 10.1. The molecule has 0 amide bonds. The summed E-state index contributed by atoms with van der Waals surface area (Å²) in [4.78, 5) is 21.7. The van der Waals surface area contributed by atoms with E-state index < -0.39 is 27.4 Å². The molecule has 0 aliphatic carbocycles. The molecule has 0 aliphatic rings. The molecule has 0 saturated heterocycles. The second-order valence-electron chi connectivity index (χ2n) is 4.32. The van der Waals surface area contributed by atoms with Gasteiger partial charge in [0.1, 0.15) is 0 Å². The molecule has 1 aromatic carbocycles. The van der Waals surface area contributed by atoms with Crippen molar-refractivity contribution in [3.63, 3.8) is 0 Å². The van der Waals surface area contributed by atoms with E-state index in [4.69, 9.17) is 19.7 Å². The number of carboxylic acid groups (broad SMARTS) is 2. The third kappa shape index (κ3) is 4.27. The van der Waals surface area contributed by atoms with E-state index in [0.29, 0.717) is 17.5 Å². The minimum absolute atomic E-state index is 0.353. The van der Waals surface area contributed by atoms with Gasteiger partial charge in [-0.1, -0.05) is 12.1 Å². The van der Waals surface area contributed by atoms with Gasteiger partial charge < -0.3 is 19.7 Å². The van der Waals surface area contributed by atoms with E-state index in [0.717, 1.165) is 5.19 Å². The van der Waals surface area contributed by atoms with Crippen molar-refractivity contribution in [3.05, 3.63) is 18.2 Å². The molecule has 0 fully saturated rings. The standard InChI is InChI=1S/C13H18O6Si/c1-18-9-4-3-5-10(12(9)19-2)20-7-8(13(16)17)6-11(14)15/h3-5,8H,6-7,20H2,1-2H3,(H,14,15)(H,16,17). The number of para-hydroxylation sites is 1. The van der Waals surface area contributed by atoms with Crippen molar-refractivity contribution in [2.24, 2.45) is 5.92 Å². The summed E-state index contributed by atoms with van der Waals surface area (Å²) in [6, 6.07) is 5.82. The number of aliphatic carboxylic acids is 2. The van der Waals surface area contributed by atoms with Crippen LogP contribution in [0.5, 0.6) is 11.5 Å². The van der Waals surface area contributed by atoms with Gasteiger partial charge in [0.05, 0.1) is 36.1 Å². The van der Waals surface area contributed by atoms with Crippen LogP contribution in [-0.2, 0) is 9.59 Å². The number of methoxy groups -OCH3 is 2. The predicted octanol–water partition coefficient (Wildman–Crippen LogP) is 0.0917. The van der Waals surface area contributed by atoms with Crippen molar-refractivity contribution >= 4 is 26.6 Å². The summed E-state index contributed by atoms with van der Waals surface area (Å²) in [7, 11) is 2.10. The lowest BCUT2D eigenvalue weighted by Crippen LogP contribution is -2.25. The summed E-state index contributed by atoms with van der Waals surface area (Å²) in [6.07, 6.45) is -0.353. The quantitative estimate of drug-likeness (QED) is 0.661. The smallest absolute Gasteiger partial charge is 0.306 e. The number of rotatable bonds is 8. The van der Waals surface area contributed by atoms with Crippen LogP contribution in [0.1, 0.15) is 6.42 Å². The van der Waals surface area contributed by atoms with E-state index in [1.165, 1.54) is 14.2 Å². The Balaban J connectivity index is 2.82. The average Bonchev–Trinajstić information content (AvgIpc) is 2.42. The molecule has 1 atom stereocenters. The van der Waals surface area contributed by atoms with Crippen LogP contribution in [0.25, 0.3) is 0 Å². The molecular formula is C13H18O6Si. The number of carboxylic acids is 2. The van der Waals surface area contributed by atoms with E-state index >= 15 is 0 Å². The van der Waals surface area contributed by atoms with Crippen molar-refractivity contribution in [2.75, 3.05) is 14.2 Å². The molecule has 20 heavy (non-hydrogen) atoms. The molecule has 0 heterocycles. The molecule has 0 spiro atoms. The van der Waals surface area contributed by atoms with Crippen molar-refractivity contribution < 1.29 is 29.3 Å². The largest absolute Gasteiger partial charge is 0.493 e. The van der Waals surface area contributed by atoms with Crippen LogP contribution in [0.4, 0.5) is 0 Å². The van der Waals surface area contributed by atoms with Crippen LogP contribution in [0.3, 0.4) is 0 Å². The van der Waals surface area contributed by atoms with Gasteiger partial charge in [0.15, 0.2) is 11.5 Å². The first-order valence-corrected chi connectivity index (χ1v) is 7.84. The molecule has 0 bridgehead atoms. The number of ether oxygens (including phenoxy) is 2. The zero-order valence-corrected chi connectivity index (χ0v) is 12.9. The molecule has 1 rings (SSSR count). The fraction of sp³-hybridized carbons (Fsp3) is 0.385. The van der Waals surface area contributed by atoms with Gasteiger partial charge in [-0.15, -0.1) is 0 Å². The van der Waals surface area contributed by atoms with Gasteiger partial charge in [-0.25, -0.2) is 0 Å². The minimum atomic E-state index is -1.09.